The summed E-state index contributed by atoms with van der Waals surface area (Å²) in [6.45, 7) is 6.01. The highest BCUT2D eigenvalue weighted by Crippen LogP contribution is 2.20. The molecule has 0 aliphatic carbocycles. The maximum atomic E-state index is 12.3. The second kappa shape index (κ2) is 5.51. The summed E-state index contributed by atoms with van der Waals surface area (Å²) in [7, 11) is -3.04. The Morgan fingerprint density at radius 2 is 2.15 bits per heavy atom. The van der Waals surface area contributed by atoms with Gasteiger partial charge in [-0.2, -0.15) is 0 Å². The molecule has 1 amide bonds. The SMILES string of the molecule is CCN(C(=O)c1nnc(C(C)C)o1)C1CCS(=O)(=O)C1. The van der Waals surface area contributed by atoms with Crippen LogP contribution in [-0.4, -0.2) is 53.5 Å². The number of aromatic nitrogens is 2. The Kier molecular flexibility index (Phi) is 4.12. The van der Waals surface area contributed by atoms with E-state index in [4.69, 9.17) is 4.42 Å². The first-order chi connectivity index (χ1) is 9.34. The van der Waals surface area contributed by atoms with E-state index in [9.17, 15) is 13.2 Å². The minimum Gasteiger partial charge on any atom is -0.417 e. The smallest absolute Gasteiger partial charge is 0.311 e. The quantitative estimate of drug-likeness (QED) is 0.818. The zero-order valence-electron chi connectivity index (χ0n) is 11.9. The maximum absolute atomic E-state index is 12.3. The van der Waals surface area contributed by atoms with E-state index < -0.39 is 15.7 Å². The summed E-state index contributed by atoms with van der Waals surface area (Å²) in [5, 5.41) is 7.58. The molecular weight excluding hydrogens is 282 g/mol. The van der Waals surface area contributed by atoms with Gasteiger partial charge in [-0.25, -0.2) is 8.42 Å². The van der Waals surface area contributed by atoms with Gasteiger partial charge in [0.05, 0.1) is 11.5 Å². The van der Waals surface area contributed by atoms with E-state index in [1.165, 1.54) is 4.90 Å². The Balaban J connectivity index is 2.16. The number of sulfone groups is 1. The predicted octanol–water partition coefficient (Wildman–Crippen LogP) is 0.842. The molecule has 1 aliphatic rings. The molecule has 0 N–H and O–H groups in total. The molecule has 1 saturated heterocycles. The molecule has 20 heavy (non-hydrogen) atoms. The van der Waals surface area contributed by atoms with Crippen LogP contribution in [0.15, 0.2) is 4.42 Å². The van der Waals surface area contributed by atoms with Crippen molar-refractivity contribution < 1.29 is 17.6 Å². The maximum Gasteiger partial charge on any atom is 0.311 e. The summed E-state index contributed by atoms with van der Waals surface area (Å²) in [4.78, 5) is 13.8. The predicted molar refractivity (Wildman–Crippen MR) is 72.2 cm³/mol. The fourth-order valence-electron chi connectivity index (χ4n) is 2.27. The highest BCUT2D eigenvalue weighted by atomic mass is 32.2. The van der Waals surface area contributed by atoms with Crippen LogP contribution < -0.4 is 0 Å². The van der Waals surface area contributed by atoms with Crippen LogP contribution >= 0.6 is 0 Å². The lowest BCUT2D eigenvalue weighted by atomic mass is 10.2. The number of hydrogen-bond donors (Lipinski definition) is 0. The Morgan fingerprint density at radius 3 is 2.60 bits per heavy atom. The standard InChI is InChI=1S/C12H19N3O4S/c1-4-15(9-5-6-20(17,18)7-9)12(16)11-14-13-10(19-11)8(2)3/h8-9H,4-7H2,1-3H3. The Labute approximate surface area is 118 Å². The van der Waals surface area contributed by atoms with Gasteiger partial charge in [-0.1, -0.05) is 13.8 Å². The normalized spacial score (nSPS) is 21.3. The first-order valence-electron chi connectivity index (χ1n) is 6.69. The third-order valence-electron chi connectivity index (χ3n) is 3.37. The van der Waals surface area contributed by atoms with E-state index in [0.717, 1.165) is 0 Å². The average molecular weight is 301 g/mol. The van der Waals surface area contributed by atoms with Gasteiger partial charge in [0, 0.05) is 18.5 Å². The molecule has 7 nitrogen and oxygen atoms in total. The molecule has 8 heteroatoms. The lowest BCUT2D eigenvalue weighted by Gasteiger charge is -2.25. The van der Waals surface area contributed by atoms with Gasteiger partial charge in [-0.15, -0.1) is 10.2 Å². The van der Waals surface area contributed by atoms with E-state index in [1.807, 2.05) is 20.8 Å². The number of carbonyl (C=O) groups is 1. The minimum atomic E-state index is -3.04. The third kappa shape index (κ3) is 3.00. The van der Waals surface area contributed by atoms with Crippen LogP contribution in [0, 0.1) is 0 Å². The van der Waals surface area contributed by atoms with Gasteiger partial charge in [0.1, 0.15) is 0 Å². The lowest BCUT2D eigenvalue weighted by molar-refractivity contribution is 0.0665. The number of rotatable bonds is 4. The van der Waals surface area contributed by atoms with Crippen LogP contribution in [0.25, 0.3) is 0 Å². The molecule has 2 heterocycles. The Bertz CT molecular complexity index is 594. The minimum absolute atomic E-state index is 0.0117. The van der Waals surface area contributed by atoms with Crippen molar-refractivity contribution in [3.05, 3.63) is 11.8 Å². The van der Waals surface area contributed by atoms with Crippen molar-refractivity contribution in [1.29, 1.82) is 0 Å². The summed E-state index contributed by atoms with van der Waals surface area (Å²) in [6.07, 6.45) is 0.465. The van der Waals surface area contributed by atoms with Crippen molar-refractivity contribution in [1.82, 2.24) is 15.1 Å². The molecule has 1 aromatic rings. The average Bonchev–Trinajstić information content (AvgIpc) is 2.97. The van der Waals surface area contributed by atoms with Crippen LogP contribution in [0.4, 0.5) is 0 Å². The van der Waals surface area contributed by atoms with Gasteiger partial charge in [0.2, 0.25) is 5.89 Å². The molecule has 0 radical (unpaired) electrons. The van der Waals surface area contributed by atoms with E-state index >= 15 is 0 Å². The van der Waals surface area contributed by atoms with Crippen LogP contribution in [-0.2, 0) is 9.84 Å². The molecule has 0 aromatic carbocycles. The second-order valence-electron chi connectivity index (χ2n) is 5.25. The summed E-state index contributed by atoms with van der Waals surface area (Å²) < 4.78 is 28.4. The molecule has 1 aliphatic heterocycles. The number of carbonyl (C=O) groups excluding carboxylic acids is 1. The number of nitrogens with zero attached hydrogens (tertiary/aromatic N) is 3. The fraction of sp³-hybridized carbons (Fsp3) is 0.750. The fourth-order valence-corrected chi connectivity index (χ4v) is 4.00. The molecule has 0 spiro atoms. The van der Waals surface area contributed by atoms with Crippen molar-refractivity contribution in [3.8, 4) is 0 Å². The Morgan fingerprint density at radius 1 is 1.45 bits per heavy atom. The monoisotopic (exact) mass is 301 g/mol. The van der Waals surface area contributed by atoms with Gasteiger partial charge in [0.15, 0.2) is 9.84 Å². The van der Waals surface area contributed by atoms with Gasteiger partial charge in [-0.05, 0) is 13.3 Å². The molecule has 1 fully saturated rings. The van der Waals surface area contributed by atoms with Gasteiger partial charge >= 0.3 is 11.8 Å². The van der Waals surface area contributed by atoms with E-state index in [2.05, 4.69) is 10.2 Å². The summed E-state index contributed by atoms with van der Waals surface area (Å²) >= 11 is 0. The largest absolute Gasteiger partial charge is 0.417 e. The summed E-state index contributed by atoms with van der Waals surface area (Å²) in [5.41, 5.74) is 0. The van der Waals surface area contributed by atoms with Crippen molar-refractivity contribution in [3.63, 3.8) is 0 Å². The van der Waals surface area contributed by atoms with Crippen molar-refractivity contribution in [2.24, 2.45) is 0 Å². The van der Waals surface area contributed by atoms with Crippen LogP contribution in [0.2, 0.25) is 0 Å². The molecule has 112 valence electrons. The third-order valence-corrected chi connectivity index (χ3v) is 5.12. The van der Waals surface area contributed by atoms with Gasteiger partial charge in [0.25, 0.3) is 0 Å². The highest BCUT2D eigenvalue weighted by molar-refractivity contribution is 7.91. The van der Waals surface area contributed by atoms with Crippen molar-refractivity contribution >= 4 is 15.7 Å². The van der Waals surface area contributed by atoms with Crippen molar-refractivity contribution in [2.75, 3.05) is 18.1 Å². The van der Waals surface area contributed by atoms with Gasteiger partial charge in [-0.3, -0.25) is 4.79 Å². The molecular formula is C12H19N3O4S. The molecule has 0 bridgehead atoms. The Hall–Kier alpha value is -1.44. The zero-order chi connectivity index (χ0) is 14.9. The summed E-state index contributed by atoms with van der Waals surface area (Å²) in [5.74, 6) is 0.128. The van der Waals surface area contributed by atoms with Crippen molar-refractivity contribution in [2.45, 2.75) is 39.2 Å². The number of hydrogen-bond acceptors (Lipinski definition) is 6. The molecule has 2 rings (SSSR count). The highest BCUT2D eigenvalue weighted by Gasteiger charge is 2.35. The van der Waals surface area contributed by atoms with Crippen LogP contribution in [0.1, 0.15) is 49.7 Å². The van der Waals surface area contributed by atoms with E-state index in [0.29, 0.717) is 18.9 Å². The summed E-state index contributed by atoms with van der Waals surface area (Å²) in [6, 6.07) is -0.299. The zero-order valence-corrected chi connectivity index (χ0v) is 12.7. The first kappa shape index (κ1) is 15.0. The molecule has 1 atom stereocenters. The van der Waals surface area contributed by atoms with Crippen LogP contribution in [0.3, 0.4) is 0 Å². The van der Waals surface area contributed by atoms with Gasteiger partial charge < -0.3 is 9.32 Å². The van der Waals surface area contributed by atoms with Crippen LogP contribution in [0.5, 0.6) is 0 Å². The lowest BCUT2D eigenvalue weighted by Crippen LogP contribution is -2.41. The molecule has 1 aromatic heterocycles. The second-order valence-corrected chi connectivity index (χ2v) is 7.48. The molecule has 1 unspecified atom stereocenters. The topological polar surface area (TPSA) is 93.4 Å². The first-order valence-corrected chi connectivity index (χ1v) is 8.51. The van der Waals surface area contributed by atoms with E-state index in [1.54, 1.807) is 0 Å². The molecule has 0 saturated carbocycles. The number of amides is 1. The van der Waals surface area contributed by atoms with E-state index in [-0.39, 0.29) is 29.4 Å².